The summed E-state index contributed by atoms with van der Waals surface area (Å²) in [7, 11) is 0. The van der Waals surface area contributed by atoms with E-state index in [1.807, 2.05) is 31.3 Å². The van der Waals surface area contributed by atoms with E-state index in [0.29, 0.717) is 4.96 Å². The van der Waals surface area contributed by atoms with Crippen LogP contribution in [-0.4, -0.2) is 36.9 Å². The van der Waals surface area contributed by atoms with Crippen molar-refractivity contribution in [1.82, 2.24) is 24.1 Å². The number of benzene rings is 1. The minimum absolute atomic E-state index is 0.146. The number of rotatable bonds is 6. The Morgan fingerprint density at radius 3 is 2.93 bits per heavy atom. The second-order valence-corrected chi connectivity index (χ2v) is 9.31. The molecule has 1 fully saturated rings. The lowest BCUT2D eigenvalue weighted by molar-refractivity contribution is 0.0954. The summed E-state index contributed by atoms with van der Waals surface area (Å²) in [6.45, 7) is 3.55. The van der Waals surface area contributed by atoms with Crippen molar-refractivity contribution in [3.63, 3.8) is 0 Å². The van der Waals surface area contributed by atoms with Gasteiger partial charge < -0.3 is 9.30 Å². The molecule has 9 heteroatoms. The lowest BCUT2D eigenvalue weighted by Gasteiger charge is -2.15. The molecular formula is C21H21N5O2S2. The molecule has 0 spiro atoms. The second-order valence-electron chi connectivity index (χ2n) is 7.14. The molecule has 154 valence electrons. The number of nitrogens with zero attached hydrogens (tertiary/aromatic N) is 5. The van der Waals surface area contributed by atoms with Gasteiger partial charge in [0.05, 0.1) is 24.5 Å². The summed E-state index contributed by atoms with van der Waals surface area (Å²) in [4.78, 5) is 22.2. The first-order valence-corrected chi connectivity index (χ1v) is 11.6. The zero-order chi connectivity index (χ0) is 20.5. The third-order valence-corrected chi connectivity index (χ3v) is 7.09. The van der Waals surface area contributed by atoms with E-state index in [2.05, 4.69) is 31.8 Å². The highest BCUT2D eigenvalue weighted by Crippen LogP contribution is 2.34. The van der Waals surface area contributed by atoms with Gasteiger partial charge in [-0.05, 0) is 36.6 Å². The second kappa shape index (κ2) is 8.33. The van der Waals surface area contributed by atoms with Crippen LogP contribution in [0.5, 0.6) is 0 Å². The van der Waals surface area contributed by atoms with Gasteiger partial charge >= 0.3 is 0 Å². The first-order chi connectivity index (χ1) is 14.7. The van der Waals surface area contributed by atoms with Gasteiger partial charge in [0.2, 0.25) is 4.96 Å². The molecule has 0 saturated carbocycles. The van der Waals surface area contributed by atoms with Crippen LogP contribution in [0.15, 0.2) is 56.9 Å². The fourth-order valence-electron chi connectivity index (χ4n) is 3.59. The van der Waals surface area contributed by atoms with E-state index in [1.165, 1.54) is 27.6 Å². The molecule has 0 radical (unpaired) electrons. The van der Waals surface area contributed by atoms with E-state index < -0.39 is 0 Å². The molecule has 1 aliphatic heterocycles. The first kappa shape index (κ1) is 19.5. The topological polar surface area (TPSA) is 74.3 Å². The molecule has 1 aliphatic rings. The fraction of sp³-hybridized carbons (Fsp3) is 0.333. The summed E-state index contributed by atoms with van der Waals surface area (Å²) in [5.74, 6) is 0. The Balaban J connectivity index is 1.52. The van der Waals surface area contributed by atoms with Crippen molar-refractivity contribution in [1.29, 1.82) is 0 Å². The summed E-state index contributed by atoms with van der Waals surface area (Å²) in [6.07, 6.45) is 4.96. The highest BCUT2D eigenvalue weighted by atomic mass is 32.2. The predicted octanol–water partition coefficient (Wildman–Crippen LogP) is 3.91. The minimum Gasteiger partial charge on any atom is -0.376 e. The Morgan fingerprint density at radius 2 is 2.17 bits per heavy atom. The number of aryl methyl sites for hydroxylation is 1. The summed E-state index contributed by atoms with van der Waals surface area (Å²) in [5, 5.41) is 5.32. The van der Waals surface area contributed by atoms with Crippen molar-refractivity contribution in [2.24, 2.45) is 0 Å². The average Bonchev–Trinajstić information content (AvgIpc) is 3.50. The number of imidazole rings is 1. The van der Waals surface area contributed by atoms with Crippen molar-refractivity contribution in [2.45, 2.75) is 48.3 Å². The van der Waals surface area contributed by atoms with E-state index in [0.717, 1.165) is 58.9 Å². The molecule has 7 nitrogen and oxygen atoms in total. The van der Waals surface area contributed by atoms with Gasteiger partial charge in [0.25, 0.3) is 5.56 Å². The molecule has 1 atom stereocenters. The minimum atomic E-state index is -0.146. The third-order valence-electron chi connectivity index (χ3n) is 5.12. The van der Waals surface area contributed by atoms with Crippen LogP contribution in [0.2, 0.25) is 0 Å². The lowest BCUT2D eigenvalue weighted by atomic mass is 10.1. The van der Waals surface area contributed by atoms with Gasteiger partial charge in [0.15, 0.2) is 9.50 Å². The smallest absolute Gasteiger partial charge is 0.275 e. The Hall–Kier alpha value is -2.49. The first-order valence-electron chi connectivity index (χ1n) is 10.0. The molecule has 0 amide bonds. The lowest BCUT2D eigenvalue weighted by Crippen LogP contribution is -2.16. The molecule has 1 saturated heterocycles. The van der Waals surface area contributed by atoms with Crippen LogP contribution in [0.1, 0.15) is 25.5 Å². The van der Waals surface area contributed by atoms with Gasteiger partial charge in [-0.2, -0.15) is 4.52 Å². The van der Waals surface area contributed by atoms with Crippen LogP contribution in [0, 0.1) is 0 Å². The molecule has 4 aromatic rings. The molecule has 3 aromatic heterocycles. The molecule has 30 heavy (non-hydrogen) atoms. The Labute approximate surface area is 181 Å². The molecule has 0 bridgehead atoms. The van der Waals surface area contributed by atoms with Crippen LogP contribution >= 0.6 is 23.1 Å². The van der Waals surface area contributed by atoms with E-state index in [4.69, 9.17) is 4.74 Å². The van der Waals surface area contributed by atoms with Gasteiger partial charge in [0, 0.05) is 18.4 Å². The zero-order valence-corrected chi connectivity index (χ0v) is 18.2. The quantitative estimate of drug-likeness (QED) is 0.454. The highest BCUT2D eigenvalue weighted by Gasteiger charge is 2.22. The molecular weight excluding hydrogens is 418 g/mol. The zero-order valence-electron chi connectivity index (χ0n) is 16.5. The van der Waals surface area contributed by atoms with Crippen molar-refractivity contribution in [3.05, 3.63) is 58.6 Å². The highest BCUT2D eigenvalue weighted by molar-refractivity contribution is 8.01. The van der Waals surface area contributed by atoms with E-state index in [9.17, 15) is 4.79 Å². The van der Waals surface area contributed by atoms with Crippen LogP contribution in [0.25, 0.3) is 16.2 Å². The maximum Gasteiger partial charge on any atom is 0.275 e. The molecule has 0 aliphatic carbocycles. The number of hydrogen-bond acceptors (Lipinski definition) is 7. The SMILES string of the molecule is CCc1cc(=O)n2nc(Sc3ncc(-c4ccccc4)n3CC3CCCO3)sc2n1. The molecule has 5 rings (SSSR count). The van der Waals surface area contributed by atoms with E-state index in [-0.39, 0.29) is 11.7 Å². The number of ether oxygens (including phenoxy) is 1. The van der Waals surface area contributed by atoms with Crippen molar-refractivity contribution in [2.75, 3.05) is 6.61 Å². The monoisotopic (exact) mass is 439 g/mol. The van der Waals surface area contributed by atoms with Crippen LogP contribution in [0.4, 0.5) is 0 Å². The molecule has 4 heterocycles. The summed E-state index contributed by atoms with van der Waals surface area (Å²) >= 11 is 2.88. The average molecular weight is 440 g/mol. The molecule has 0 N–H and O–H groups in total. The van der Waals surface area contributed by atoms with Gasteiger partial charge in [-0.1, -0.05) is 48.6 Å². The number of aromatic nitrogens is 5. The van der Waals surface area contributed by atoms with Gasteiger partial charge in [-0.3, -0.25) is 4.79 Å². The predicted molar refractivity (Wildman–Crippen MR) is 117 cm³/mol. The number of fused-ring (bicyclic) bond motifs is 1. The Morgan fingerprint density at radius 1 is 1.30 bits per heavy atom. The normalized spacial score (nSPS) is 16.5. The Bertz CT molecular complexity index is 1230. The van der Waals surface area contributed by atoms with Crippen LogP contribution in [-0.2, 0) is 17.7 Å². The largest absolute Gasteiger partial charge is 0.376 e. The number of hydrogen-bond donors (Lipinski definition) is 0. The van der Waals surface area contributed by atoms with Gasteiger partial charge in [0.1, 0.15) is 0 Å². The maximum absolute atomic E-state index is 12.3. The standard InChI is InChI=1S/C21H21N5O2S2/c1-2-15-11-18(27)26-20(23-15)30-21(24-26)29-19-22-12-17(14-7-4-3-5-8-14)25(19)13-16-9-6-10-28-16/h3-5,7-8,11-12,16H,2,6,9-10,13H2,1H3. The van der Waals surface area contributed by atoms with E-state index in [1.54, 1.807) is 6.07 Å². The van der Waals surface area contributed by atoms with Gasteiger partial charge in [-0.25, -0.2) is 9.97 Å². The summed E-state index contributed by atoms with van der Waals surface area (Å²) < 4.78 is 10.2. The Kier molecular flexibility index (Phi) is 5.41. The summed E-state index contributed by atoms with van der Waals surface area (Å²) in [6, 6.07) is 11.8. The van der Waals surface area contributed by atoms with Crippen LogP contribution in [0.3, 0.4) is 0 Å². The van der Waals surface area contributed by atoms with Crippen molar-refractivity contribution >= 4 is 28.1 Å². The summed E-state index contributed by atoms with van der Waals surface area (Å²) in [5.41, 5.74) is 2.81. The third kappa shape index (κ3) is 3.80. The van der Waals surface area contributed by atoms with Gasteiger partial charge in [-0.15, -0.1) is 5.10 Å². The van der Waals surface area contributed by atoms with E-state index >= 15 is 0 Å². The maximum atomic E-state index is 12.3. The fourth-order valence-corrected chi connectivity index (χ4v) is 5.53. The van der Waals surface area contributed by atoms with Crippen LogP contribution < -0.4 is 5.56 Å². The molecule has 1 aromatic carbocycles. The molecule has 1 unspecified atom stereocenters. The van der Waals surface area contributed by atoms with Crippen molar-refractivity contribution in [3.8, 4) is 11.3 Å². The van der Waals surface area contributed by atoms with Crippen molar-refractivity contribution < 1.29 is 4.74 Å².